The second-order valence-corrected chi connectivity index (χ2v) is 15.7. The molecule has 0 saturated carbocycles. The van der Waals surface area contributed by atoms with Gasteiger partial charge in [0.05, 0.1) is 11.4 Å². The van der Waals surface area contributed by atoms with E-state index in [9.17, 15) is 0 Å². The third kappa shape index (κ3) is 5.33. The van der Waals surface area contributed by atoms with Crippen molar-refractivity contribution < 1.29 is 0 Å². The molecule has 2 heteroatoms. The summed E-state index contributed by atoms with van der Waals surface area (Å²) in [5.74, 6) is 0.713. The fraction of sp³-hybridized carbons (Fsp3) is 0.0545. The standard InChI is InChI=1S/C55H38N2/c1-55(2)48-28-14-26-43(53(48)52-42-23-9-7-16-36(42)29-32-49(52)55)39-21-12-20-38(33-39)41-30-31-47(45-25-11-10-24-44(41)45)51-34-50(56-54(57-51)37-17-4-3-5-18-37)46-27-13-19-35-15-6-8-22-40(35)46/h3-34H,1-2H3. The summed E-state index contributed by atoms with van der Waals surface area (Å²) < 4.78 is 0. The summed E-state index contributed by atoms with van der Waals surface area (Å²) in [7, 11) is 0. The Kier molecular flexibility index (Phi) is 7.55. The summed E-state index contributed by atoms with van der Waals surface area (Å²) in [6, 6.07) is 70.1. The van der Waals surface area contributed by atoms with Crippen LogP contribution < -0.4 is 0 Å². The van der Waals surface area contributed by atoms with Crippen molar-refractivity contribution in [1.29, 1.82) is 0 Å². The van der Waals surface area contributed by atoms with Crippen molar-refractivity contribution in [3.63, 3.8) is 0 Å². The highest BCUT2D eigenvalue weighted by Gasteiger charge is 2.37. The van der Waals surface area contributed by atoms with E-state index in [2.05, 4.69) is 190 Å². The number of fused-ring (bicyclic) bond motifs is 7. The summed E-state index contributed by atoms with van der Waals surface area (Å²) in [4.78, 5) is 10.4. The molecular formula is C55H38N2. The first-order valence-corrected chi connectivity index (χ1v) is 19.7. The minimum atomic E-state index is -0.0941. The molecule has 0 saturated heterocycles. The van der Waals surface area contributed by atoms with E-state index in [1.165, 1.54) is 71.4 Å². The molecule has 268 valence electrons. The van der Waals surface area contributed by atoms with E-state index in [4.69, 9.17) is 9.97 Å². The molecule has 0 spiro atoms. The average Bonchev–Trinajstić information content (AvgIpc) is 3.52. The normalized spacial score (nSPS) is 12.9. The van der Waals surface area contributed by atoms with Crippen LogP contribution >= 0.6 is 0 Å². The van der Waals surface area contributed by atoms with E-state index in [1.807, 2.05) is 18.2 Å². The van der Waals surface area contributed by atoms with Gasteiger partial charge >= 0.3 is 0 Å². The van der Waals surface area contributed by atoms with Gasteiger partial charge in [0.2, 0.25) is 0 Å². The minimum absolute atomic E-state index is 0.0941. The van der Waals surface area contributed by atoms with Crippen LogP contribution in [0.4, 0.5) is 0 Å². The molecule has 1 aromatic heterocycles. The Hall–Kier alpha value is -7.16. The Labute approximate surface area is 332 Å². The third-order valence-corrected chi connectivity index (χ3v) is 12.1. The fourth-order valence-corrected chi connectivity index (χ4v) is 9.31. The van der Waals surface area contributed by atoms with E-state index in [1.54, 1.807) is 0 Å². The number of nitrogens with zero attached hydrogens (tertiary/aromatic N) is 2. The lowest BCUT2D eigenvalue weighted by atomic mass is 9.81. The minimum Gasteiger partial charge on any atom is -0.228 e. The second-order valence-electron chi connectivity index (χ2n) is 15.7. The molecular weight excluding hydrogens is 689 g/mol. The molecule has 0 aliphatic heterocycles. The van der Waals surface area contributed by atoms with E-state index in [0.29, 0.717) is 5.82 Å². The predicted octanol–water partition coefficient (Wildman–Crippen LogP) is 14.6. The van der Waals surface area contributed by atoms with Gasteiger partial charge < -0.3 is 0 Å². The van der Waals surface area contributed by atoms with Crippen LogP contribution in [0.2, 0.25) is 0 Å². The van der Waals surface area contributed by atoms with Crippen molar-refractivity contribution in [1.82, 2.24) is 9.97 Å². The molecule has 0 unspecified atom stereocenters. The second kappa shape index (κ2) is 13.0. The fourth-order valence-electron chi connectivity index (χ4n) is 9.31. The molecule has 57 heavy (non-hydrogen) atoms. The molecule has 9 aromatic carbocycles. The van der Waals surface area contributed by atoms with Crippen LogP contribution in [0.1, 0.15) is 25.0 Å². The molecule has 0 atom stereocenters. The summed E-state index contributed by atoms with van der Waals surface area (Å²) in [6.45, 7) is 4.73. The van der Waals surface area contributed by atoms with E-state index >= 15 is 0 Å². The molecule has 1 aliphatic rings. The van der Waals surface area contributed by atoms with Gasteiger partial charge in [-0.1, -0.05) is 196 Å². The van der Waals surface area contributed by atoms with Gasteiger partial charge in [-0.3, -0.25) is 0 Å². The number of hydrogen-bond donors (Lipinski definition) is 0. The van der Waals surface area contributed by atoms with Crippen LogP contribution in [0.5, 0.6) is 0 Å². The largest absolute Gasteiger partial charge is 0.228 e. The smallest absolute Gasteiger partial charge is 0.160 e. The number of rotatable bonds is 5. The summed E-state index contributed by atoms with van der Waals surface area (Å²) in [5.41, 5.74) is 15.3. The van der Waals surface area contributed by atoms with Crippen LogP contribution in [0.25, 0.3) is 99.6 Å². The average molecular weight is 727 g/mol. The zero-order valence-corrected chi connectivity index (χ0v) is 31.9. The molecule has 2 nitrogen and oxygen atoms in total. The molecule has 10 aromatic rings. The molecule has 0 fully saturated rings. The van der Waals surface area contributed by atoms with E-state index in [0.717, 1.165) is 33.5 Å². The van der Waals surface area contributed by atoms with Gasteiger partial charge in [0.15, 0.2) is 5.82 Å². The predicted molar refractivity (Wildman–Crippen MR) is 239 cm³/mol. The van der Waals surface area contributed by atoms with Gasteiger partial charge in [0, 0.05) is 22.1 Å². The first kappa shape index (κ1) is 33.2. The molecule has 11 rings (SSSR count). The van der Waals surface area contributed by atoms with Crippen LogP contribution in [-0.4, -0.2) is 9.97 Å². The zero-order valence-electron chi connectivity index (χ0n) is 31.9. The van der Waals surface area contributed by atoms with Gasteiger partial charge in [-0.15, -0.1) is 0 Å². The Bertz CT molecular complexity index is 3210. The monoisotopic (exact) mass is 726 g/mol. The van der Waals surface area contributed by atoms with Gasteiger partial charge in [-0.05, 0) is 89.0 Å². The first-order valence-electron chi connectivity index (χ1n) is 19.7. The lowest BCUT2D eigenvalue weighted by molar-refractivity contribution is 0.661. The maximum Gasteiger partial charge on any atom is 0.160 e. The first-order chi connectivity index (χ1) is 28.0. The maximum absolute atomic E-state index is 5.26. The quantitative estimate of drug-likeness (QED) is 0.176. The number of benzene rings is 9. The molecule has 1 heterocycles. The zero-order chi connectivity index (χ0) is 38.1. The lowest BCUT2D eigenvalue weighted by Gasteiger charge is -2.21. The Morgan fingerprint density at radius 1 is 0.333 bits per heavy atom. The highest BCUT2D eigenvalue weighted by atomic mass is 14.9. The van der Waals surface area contributed by atoms with Crippen LogP contribution in [0, 0.1) is 0 Å². The van der Waals surface area contributed by atoms with Crippen molar-refractivity contribution in [2.45, 2.75) is 19.3 Å². The maximum atomic E-state index is 5.26. The molecule has 0 N–H and O–H groups in total. The Balaban J connectivity index is 1.07. The molecule has 0 radical (unpaired) electrons. The molecule has 1 aliphatic carbocycles. The topological polar surface area (TPSA) is 25.8 Å². The summed E-state index contributed by atoms with van der Waals surface area (Å²) in [5, 5.41) is 7.30. The van der Waals surface area contributed by atoms with Crippen molar-refractivity contribution in [2.24, 2.45) is 0 Å². The van der Waals surface area contributed by atoms with Gasteiger partial charge in [-0.25, -0.2) is 9.97 Å². The number of aromatic nitrogens is 2. The van der Waals surface area contributed by atoms with Crippen molar-refractivity contribution in [3.05, 3.63) is 205 Å². The summed E-state index contributed by atoms with van der Waals surface area (Å²) >= 11 is 0. The number of hydrogen-bond acceptors (Lipinski definition) is 2. The van der Waals surface area contributed by atoms with Crippen LogP contribution in [0.15, 0.2) is 194 Å². The van der Waals surface area contributed by atoms with Crippen molar-refractivity contribution in [2.75, 3.05) is 0 Å². The Morgan fingerprint density at radius 3 is 1.61 bits per heavy atom. The summed E-state index contributed by atoms with van der Waals surface area (Å²) in [6.07, 6.45) is 0. The van der Waals surface area contributed by atoms with Crippen molar-refractivity contribution in [3.8, 4) is 67.3 Å². The molecule has 0 amide bonds. The SMILES string of the molecule is CC1(C)c2cccc(-c3cccc(-c4ccc(-c5cc(-c6cccc7ccccc67)nc(-c6ccccc6)n5)c5ccccc45)c3)c2-c2c1ccc1ccccc21. The lowest BCUT2D eigenvalue weighted by Crippen LogP contribution is -2.14. The van der Waals surface area contributed by atoms with Crippen LogP contribution in [0.3, 0.4) is 0 Å². The molecule has 0 bridgehead atoms. The highest BCUT2D eigenvalue weighted by Crippen LogP contribution is 2.54. The van der Waals surface area contributed by atoms with E-state index in [-0.39, 0.29) is 5.41 Å². The van der Waals surface area contributed by atoms with Crippen LogP contribution in [-0.2, 0) is 5.41 Å². The third-order valence-electron chi connectivity index (χ3n) is 12.1. The van der Waals surface area contributed by atoms with Crippen molar-refractivity contribution >= 4 is 32.3 Å². The van der Waals surface area contributed by atoms with Gasteiger partial charge in [0.25, 0.3) is 0 Å². The highest BCUT2D eigenvalue weighted by molar-refractivity contribution is 6.08. The van der Waals surface area contributed by atoms with Gasteiger partial charge in [0.1, 0.15) is 0 Å². The van der Waals surface area contributed by atoms with E-state index < -0.39 is 0 Å². The Morgan fingerprint density at radius 2 is 0.842 bits per heavy atom. The van der Waals surface area contributed by atoms with Gasteiger partial charge in [-0.2, -0.15) is 0 Å².